The highest BCUT2D eigenvalue weighted by atomic mass is 35.5. The van der Waals surface area contributed by atoms with E-state index in [0.717, 1.165) is 18.2 Å². The smallest absolute Gasteiger partial charge is 0.270 e. The number of hydrogen-bond donors (Lipinski definition) is 1. The molecular formula is C21H22Cl2N4O4. The van der Waals surface area contributed by atoms with Crippen LogP contribution in [0.4, 0.5) is 17.1 Å². The molecular weight excluding hydrogens is 443 g/mol. The molecule has 1 aliphatic rings. The SMILES string of the molecule is CCCC(=O)N1CCN(c2ccc(Cl)cc2NC(=O)c2ccc([N+](=O)[O-])cc2Cl)CC1. The molecule has 0 unspecified atom stereocenters. The zero-order valence-corrected chi connectivity index (χ0v) is 18.4. The van der Waals surface area contributed by atoms with Crippen LogP contribution < -0.4 is 10.2 Å². The van der Waals surface area contributed by atoms with Gasteiger partial charge in [-0.1, -0.05) is 30.1 Å². The Labute approximate surface area is 189 Å². The van der Waals surface area contributed by atoms with Gasteiger partial charge >= 0.3 is 0 Å². The Morgan fingerprint density at radius 3 is 2.42 bits per heavy atom. The summed E-state index contributed by atoms with van der Waals surface area (Å²) in [6, 6.07) is 8.88. The second kappa shape index (κ2) is 9.98. The summed E-state index contributed by atoms with van der Waals surface area (Å²) in [6.07, 6.45) is 1.36. The predicted octanol–water partition coefficient (Wildman–Crippen LogP) is 4.60. The fourth-order valence-corrected chi connectivity index (χ4v) is 3.88. The third-order valence-electron chi connectivity index (χ3n) is 5.05. The summed E-state index contributed by atoms with van der Waals surface area (Å²) < 4.78 is 0. The zero-order valence-electron chi connectivity index (χ0n) is 16.9. The van der Waals surface area contributed by atoms with Crippen LogP contribution in [0, 0.1) is 10.1 Å². The fourth-order valence-electron chi connectivity index (χ4n) is 3.44. The summed E-state index contributed by atoms with van der Waals surface area (Å²) in [5.41, 5.74) is 1.20. The molecule has 0 bridgehead atoms. The lowest BCUT2D eigenvalue weighted by Crippen LogP contribution is -2.48. The maximum Gasteiger partial charge on any atom is 0.270 e. The molecule has 2 aromatic carbocycles. The topological polar surface area (TPSA) is 95.8 Å². The summed E-state index contributed by atoms with van der Waals surface area (Å²) in [5.74, 6) is -0.347. The number of rotatable bonds is 6. The van der Waals surface area contributed by atoms with Crippen molar-refractivity contribution >= 4 is 52.1 Å². The Bertz CT molecular complexity index is 1010. The number of carbonyl (C=O) groups excluding carboxylic acids is 2. The molecule has 1 aliphatic heterocycles. The van der Waals surface area contributed by atoms with Gasteiger partial charge in [-0.15, -0.1) is 0 Å². The number of anilines is 2. The van der Waals surface area contributed by atoms with Gasteiger partial charge < -0.3 is 15.1 Å². The first-order chi connectivity index (χ1) is 14.8. The van der Waals surface area contributed by atoms with E-state index in [0.29, 0.717) is 43.3 Å². The molecule has 164 valence electrons. The van der Waals surface area contributed by atoms with E-state index in [-0.39, 0.29) is 22.2 Å². The van der Waals surface area contributed by atoms with E-state index in [9.17, 15) is 19.7 Å². The van der Waals surface area contributed by atoms with E-state index in [2.05, 4.69) is 10.2 Å². The maximum atomic E-state index is 12.8. The lowest BCUT2D eigenvalue weighted by Gasteiger charge is -2.37. The van der Waals surface area contributed by atoms with E-state index in [1.54, 1.807) is 12.1 Å². The third-order valence-corrected chi connectivity index (χ3v) is 5.60. The largest absolute Gasteiger partial charge is 0.366 e. The number of benzene rings is 2. The zero-order chi connectivity index (χ0) is 22.5. The lowest BCUT2D eigenvalue weighted by atomic mass is 10.1. The van der Waals surface area contributed by atoms with Gasteiger partial charge in [-0.3, -0.25) is 19.7 Å². The average molecular weight is 465 g/mol. The van der Waals surface area contributed by atoms with Crippen molar-refractivity contribution in [1.82, 2.24) is 4.90 Å². The van der Waals surface area contributed by atoms with Crippen molar-refractivity contribution in [3.05, 3.63) is 62.1 Å². The molecule has 31 heavy (non-hydrogen) atoms. The van der Waals surface area contributed by atoms with Gasteiger partial charge in [0.25, 0.3) is 11.6 Å². The molecule has 3 rings (SSSR count). The number of piperazine rings is 1. The van der Waals surface area contributed by atoms with E-state index in [4.69, 9.17) is 23.2 Å². The normalized spacial score (nSPS) is 13.8. The summed E-state index contributed by atoms with van der Waals surface area (Å²) in [6.45, 7) is 4.43. The molecule has 1 heterocycles. The third kappa shape index (κ3) is 5.45. The van der Waals surface area contributed by atoms with Gasteiger partial charge in [-0.05, 0) is 30.7 Å². The number of carbonyl (C=O) groups is 2. The first-order valence-electron chi connectivity index (χ1n) is 9.87. The minimum Gasteiger partial charge on any atom is -0.366 e. The van der Waals surface area contributed by atoms with Crippen molar-refractivity contribution < 1.29 is 14.5 Å². The summed E-state index contributed by atoms with van der Waals surface area (Å²) in [7, 11) is 0. The number of non-ortho nitro benzene ring substituents is 1. The second-order valence-electron chi connectivity index (χ2n) is 7.15. The lowest BCUT2D eigenvalue weighted by molar-refractivity contribution is -0.384. The maximum absolute atomic E-state index is 12.8. The molecule has 0 aromatic heterocycles. The highest BCUT2D eigenvalue weighted by Gasteiger charge is 2.23. The molecule has 0 radical (unpaired) electrons. The molecule has 1 N–H and O–H groups in total. The number of nitrogens with one attached hydrogen (secondary N) is 1. The van der Waals surface area contributed by atoms with Gasteiger partial charge in [0.15, 0.2) is 0 Å². The molecule has 0 spiro atoms. The molecule has 0 saturated carbocycles. The van der Waals surface area contributed by atoms with Crippen LogP contribution in [0.5, 0.6) is 0 Å². The molecule has 2 aromatic rings. The van der Waals surface area contributed by atoms with Crippen LogP contribution in [-0.2, 0) is 4.79 Å². The van der Waals surface area contributed by atoms with Crippen LogP contribution in [-0.4, -0.2) is 47.8 Å². The fraction of sp³-hybridized carbons (Fsp3) is 0.333. The van der Waals surface area contributed by atoms with Crippen LogP contribution >= 0.6 is 23.2 Å². The van der Waals surface area contributed by atoms with Gasteiger partial charge in [0.1, 0.15) is 0 Å². The van der Waals surface area contributed by atoms with E-state index in [1.807, 2.05) is 17.9 Å². The molecule has 10 heteroatoms. The Morgan fingerprint density at radius 1 is 1.10 bits per heavy atom. The van der Waals surface area contributed by atoms with Crippen LogP contribution in [0.1, 0.15) is 30.1 Å². The standard InChI is InChI=1S/C21H22Cl2N4O4/c1-2-3-20(28)26-10-8-25(9-11-26)19-7-4-14(22)12-18(19)24-21(29)16-6-5-15(27(30)31)13-17(16)23/h4-7,12-13H,2-3,8-11H2,1H3,(H,24,29). The summed E-state index contributed by atoms with van der Waals surface area (Å²) in [4.78, 5) is 39.2. The second-order valence-corrected chi connectivity index (χ2v) is 8.00. The van der Waals surface area contributed by atoms with Gasteiger partial charge in [0.2, 0.25) is 5.91 Å². The molecule has 0 aliphatic carbocycles. The predicted molar refractivity (Wildman–Crippen MR) is 121 cm³/mol. The van der Waals surface area contributed by atoms with E-state index in [1.165, 1.54) is 12.1 Å². The first kappa shape index (κ1) is 22.8. The summed E-state index contributed by atoms with van der Waals surface area (Å²) >= 11 is 12.2. The number of nitro groups is 1. The molecule has 1 fully saturated rings. The van der Waals surface area contributed by atoms with E-state index >= 15 is 0 Å². The van der Waals surface area contributed by atoms with E-state index < -0.39 is 10.8 Å². The highest BCUT2D eigenvalue weighted by Crippen LogP contribution is 2.31. The quantitative estimate of drug-likeness (QED) is 0.497. The van der Waals surface area contributed by atoms with Crippen LogP contribution in [0.15, 0.2) is 36.4 Å². The number of hydrogen-bond acceptors (Lipinski definition) is 5. The van der Waals surface area contributed by atoms with Gasteiger partial charge in [0, 0.05) is 49.8 Å². The monoisotopic (exact) mass is 464 g/mol. The Balaban J connectivity index is 1.77. The average Bonchev–Trinajstić information content (AvgIpc) is 2.74. The molecule has 0 atom stereocenters. The van der Waals surface area contributed by atoms with Crippen LogP contribution in [0.25, 0.3) is 0 Å². The van der Waals surface area contributed by atoms with Gasteiger partial charge in [0.05, 0.1) is 26.9 Å². The number of nitro benzene ring substituents is 1. The summed E-state index contributed by atoms with van der Waals surface area (Å²) in [5, 5.41) is 14.1. The number of nitrogens with zero attached hydrogens (tertiary/aromatic N) is 3. The van der Waals surface area contributed by atoms with Crippen molar-refractivity contribution in [2.24, 2.45) is 0 Å². The van der Waals surface area contributed by atoms with Crippen LogP contribution in [0.3, 0.4) is 0 Å². The van der Waals surface area contributed by atoms with Gasteiger partial charge in [-0.25, -0.2) is 0 Å². The molecule has 2 amide bonds. The number of amides is 2. The number of halogens is 2. The van der Waals surface area contributed by atoms with Crippen molar-refractivity contribution in [2.75, 3.05) is 36.4 Å². The minimum absolute atomic E-state index is 0.0154. The Morgan fingerprint density at radius 2 is 1.81 bits per heavy atom. The van der Waals surface area contributed by atoms with Gasteiger partial charge in [-0.2, -0.15) is 0 Å². The molecule has 1 saturated heterocycles. The van der Waals surface area contributed by atoms with Crippen molar-refractivity contribution in [3.8, 4) is 0 Å². The minimum atomic E-state index is -0.576. The Kier molecular flexibility index (Phi) is 7.35. The Hall–Kier alpha value is -2.84. The first-order valence-corrected chi connectivity index (χ1v) is 10.6. The van der Waals surface area contributed by atoms with Crippen molar-refractivity contribution in [1.29, 1.82) is 0 Å². The highest BCUT2D eigenvalue weighted by molar-refractivity contribution is 6.35. The van der Waals surface area contributed by atoms with Crippen LogP contribution in [0.2, 0.25) is 10.0 Å². The van der Waals surface area contributed by atoms with Crippen molar-refractivity contribution in [3.63, 3.8) is 0 Å². The van der Waals surface area contributed by atoms with Crippen molar-refractivity contribution in [2.45, 2.75) is 19.8 Å². The molecule has 8 nitrogen and oxygen atoms in total.